The summed E-state index contributed by atoms with van der Waals surface area (Å²) >= 11 is 0. The Morgan fingerprint density at radius 3 is 0.870 bits per heavy atom. The summed E-state index contributed by atoms with van der Waals surface area (Å²) in [5, 5.41) is 0. The molecule has 0 aliphatic heterocycles. The molecule has 12 heteroatoms. The van der Waals surface area contributed by atoms with Crippen molar-refractivity contribution in [3.63, 3.8) is 0 Å². The summed E-state index contributed by atoms with van der Waals surface area (Å²) in [5.41, 5.74) is 0. The predicted octanol–water partition coefficient (Wildman–Crippen LogP) is 14.8. The summed E-state index contributed by atoms with van der Waals surface area (Å²) in [6.45, 7) is 45.4. The highest BCUT2D eigenvalue weighted by atomic mass is 19.4. The third-order valence-corrected chi connectivity index (χ3v) is 3.44. The normalized spacial score (nSPS) is 12.7. The van der Waals surface area contributed by atoms with Crippen molar-refractivity contribution in [2.24, 2.45) is 17.8 Å². The van der Waals surface area contributed by atoms with E-state index in [1.165, 1.54) is 19.8 Å². The van der Waals surface area contributed by atoms with Crippen LogP contribution < -0.4 is 0 Å². The zero-order valence-electron chi connectivity index (χ0n) is 39.9. The number of rotatable bonds is 11. The molecule has 0 spiro atoms. The molecular formula is C42H94F6O6. The first-order valence-electron chi connectivity index (χ1n) is 19.8. The Hall–Kier alpha value is -0.660. The van der Waals surface area contributed by atoms with Gasteiger partial charge in [-0.2, -0.15) is 22.0 Å². The average molecular weight is 809 g/mol. The zero-order chi connectivity index (χ0) is 45.4. The minimum absolute atomic E-state index is 0.000000000000000222. The highest BCUT2D eigenvalue weighted by molar-refractivity contribution is 4.73. The Morgan fingerprint density at radius 1 is 0.519 bits per heavy atom. The molecule has 0 aromatic heterocycles. The summed E-state index contributed by atoms with van der Waals surface area (Å²) < 4.78 is 97.2. The predicted molar refractivity (Wildman–Crippen MR) is 220 cm³/mol. The number of ether oxygens (including phenoxy) is 6. The lowest BCUT2D eigenvalue weighted by Crippen LogP contribution is -2.20. The maximum absolute atomic E-state index is 11.8. The second-order valence-electron chi connectivity index (χ2n) is 16.0. The summed E-state index contributed by atoms with van der Waals surface area (Å²) in [6, 6.07) is 0. The Bertz CT molecular complexity index is 607. The minimum Gasteiger partial charge on any atom is -0.382 e. The lowest BCUT2D eigenvalue weighted by atomic mass is 10.3. The molecule has 0 amide bonds. The van der Waals surface area contributed by atoms with Gasteiger partial charge in [0.1, 0.15) is 6.61 Å². The van der Waals surface area contributed by atoms with Gasteiger partial charge in [0.05, 0.1) is 42.7 Å². The van der Waals surface area contributed by atoms with E-state index in [0.29, 0.717) is 24.4 Å². The van der Waals surface area contributed by atoms with Crippen LogP contribution in [0.25, 0.3) is 0 Å². The lowest BCUT2D eigenvalue weighted by Gasteiger charge is -2.13. The Kier molecular flexibility index (Phi) is 61.5. The molecule has 0 N–H and O–H groups in total. The maximum Gasteiger partial charge on any atom is 0.411 e. The van der Waals surface area contributed by atoms with Crippen molar-refractivity contribution in [3.8, 4) is 0 Å². The molecule has 54 heavy (non-hydrogen) atoms. The SMILES string of the molecule is CC(C)C.CC(C)C.CC(C)C.CC(C)OC(C)(F)F.CC(C)OC(C)F.CC(C)OC1CC1.CC(C)OCC(F)(F)F.CCOC(C)C.COC(C)C. The molecule has 340 valence electrons. The van der Waals surface area contributed by atoms with Gasteiger partial charge < -0.3 is 28.4 Å². The molecule has 1 atom stereocenters. The molecule has 6 nitrogen and oxygen atoms in total. The fourth-order valence-corrected chi connectivity index (χ4v) is 1.97. The molecule has 0 aromatic rings. The van der Waals surface area contributed by atoms with Gasteiger partial charge in [-0.3, -0.25) is 0 Å². The van der Waals surface area contributed by atoms with Gasteiger partial charge in [-0.25, -0.2) is 4.39 Å². The topological polar surface area (TPSA) is 55.4 Å². The van der Waals surface area contributed by atoms with E-state index >= 15 is 0 Å². The van der Waals surface area contributed by atoms with E-state index in [-0.39, 0.29) is 12.2 Å². The van der Waals surface area contributed by atoms with E-state index in [0.717, 1.165) is 31.3 Å². The van der Waals surface area contributed by atoms with E-state index in [4.69, 9.17) is 14.2 Å². The first kappa shape index (κ1) is 71.1. The average Bonchev–Trinajstić information content (AvgIpc) is 3.69. The van der Waals surface area contributed by atoms with Crippen LogP contribution in [0.1, 0.15) is 179 Å². The van der Waals surface area contributed by atoms with Gasteiger partial charge >= 0.3 is 12.3 Å². The third kappa shape index (κ3) is 188. The quantitative estimate of drug-likeness (QED) is 0.194. The van der Waals surface area contributed by atoms with Gasteiger partial charge in [-0.15, -0.1) is 0 Å². The van der Waals surface area contributed by atoms with Gasteiger partial charge in [0.25, 0.3) is 0 Å². The lowest BCUT2D eigenvalue weighted by molar-refractivity contribution is -0.242. The molecule has 0 saturated heterocycles. The summed E-state index contributed by atoms with van der Waals surface area (Å²) in [5.74, 6) is 2.50. The van der Waals surface area contributed by atoms with Gasteiger partial charge in [0.2, 0.25) is 0 Å². The largest absolute Gasteiger partial charge is 0.411 e. The molecule has 1 fully saturated rings. The summed E-state index contributed by atoms with van der Waals surface area (Å²) in [6.07, 6.45) is -4.63. The van der Waals surface area contributed by atoms with Crippen molar-refractivity contribution in [2.45, 2.75) is 240 Å². The Labute approximate surface area is 332 Å². The number of alkyl halides is 6. The number of methoxy groups -OCH3 is 1. The number of hydrogen-bond donors (Lipinski definition) is 0. The van der Waals surface area contributed by atoms with Crippen LogP contribution in [0.5, 0.6) is 0 Å². The fourth-order valence-electron chi connectivity index (χ4n) is 1.97. The monoisotopic (exact) mass is 809 g/mol. The number of halogens is 6. The van der Waals surface area contributed by atoms with Crippen molar-refractivity contribution in [1.29, 1.82) is 0 Å². The summed E-state index contributed by atoms with van der Waals surface area (Å²) in [4.78, 5) is 0. The highest BCUT2D eigenvalue weighted by Crippen LogP contribution is 2.24. The molecule has 0 bridgehead atoms. The van der Waals surface area contributed by atoms with Crippen molar-refractivity contribution in [2.75, 3.05) is 20.3 Å². The molecule has 1 unspecified atom stereocenters. The minimum atomic E-state index is -4.19. The smallest absolute Gasteiger partial charge is 0.382 e. The van der Waals surface area contributed by atoms with Crippen molar-refractivity contribution in [3.05, 3.63) is 0 Å². The number of hydrogen-bond acceptors (Lipinski definition) is 6. The van der Waals surface area contributed by atoms with Crippen LogP contribution in [0.4, 0.5) is 26.3 Å². The molecule has 1 aliphatic carbocycles. The second-order valence-corrected chi connectivity index (χ2v) is 16.0. The Morgan fingerprint density at radius 2 is 0.833 bits per heavy atom. The molecule has 1 rings (SSSR count). The Balaban J connectivity index is -0.0000000745. The first-order valence-corrected chi connectivity index (χ1v) is 19.8. The summed E-state index contributed by atoms with van der Waals surface area (Å²) in [7, 11) is 1.70. The highest BCUT2D eigenvalue weighted by Gasteiger charge is 2.27. The molecule has 1 saturated carbocycles. The van der Waals surface area contributed by atoms with Gasteiger partial charge in [0, 0.05) is 20.6 Å². The van der Waals surface area contributed by atoms with Crippen LogP contribution in [0.2, 0.25) is 0 Å². The molecule has 0 radical (unpaired) electrons. The van der Waals surface area contributed by atoms with E-state index in [9.17, 15) is 26.3 Å². The molecule has 1 aliphatic rings. The van der Waals surface area contributed by atoms with E-state index in [1.54, 1.807) is 48.7 Å². The van der Waals surface area contributed by atoms with Gasteiger partial charge in [0.15, 0.2) is 6.36 Å². The van der Waals surface area contributed by atoms with Crippen LogP contribution >= 0.6 is 0 Å². The van der Waals surface area contributed by atoms with E-state index < -0.39 is 31.4 Å². The first-order chi connectivity index (χ1) is 24.0. The van der Waals surface area contributed by atoms with Crippen LogP contribution in [0, 0.1) is 17.8 Å². The fraction of sp³-hybridized carbons (Fsp3) is 1.00. The van der Waals surface area contributed by atoms with Gasteiger partial charge in [-0.1, -0.05) is 62.3 Å². The second kappa shape index (κ2) is 46.7. The van der Waals surface area contributed by atoms with Crippen molar-refractivity contribution < 1.29 is 54.8 Å². The van der Waals surface area contributed by atoms with Crippen LogP contribution in [-0.2, 0) is 28.4 Å². The zero-order valence-corrected chi connectivity index (χ0v) is 39.9. The standard InChI is InChI=1S/C6H12O.C5H9F3O.C5H10F2O.C5H11FO.C5H12O.C4H10O.3C4H10/c1-5(2)7-6-3-4-6;1-4(2)9-3-5(6,7)8;1-4(2)8-5(3,6)7;1-4(2)7-5(3)6;1-4-6-5(2)3;1-4(2)5-3;3*1-4(2)3/h5-6H,3-4H2,1-2H3;4H,3H2,1-2H3;4H,1-3H3;4-5H,1-3H3;5H,4H2,1-3H3;4H,1-3H3;3*4H,1-3H3. The van der Waals surface area contributed by atoms with Crippen molar-refractivity contribution in [1.82, 2.24) is 0 Å². The van der Waals surface area contributed by atoms with E-state index in [2.05, 4.69) is 90.4 Å². The van der Waals surface area contributed by atoms with Gasteiger partial charge in [-0.05, 0) is 128 Å². The molecular weight excluding hydrogens is 714 g/mol. The van der Waals surface area contributed by atoms with Crippen molar-refractivity contribution >= 4 is 0 Å². The van der Waals surface area contributed by atoms with Crippen LogP contribution in [0.3, 0.4) is 0 Å². The third-order valence-electron chi connectivity index (χ3n) is 3.44. The molecule has 0 aromatic carbocycles. The van der Waals surface area contributed by atoms with Crippen LogP contribution in [-0.4, -0.2) is 81.7 Å². The molecule has 0 heterocycles. The maximum atomic E-state index is 11.8. The van der Waals surface area contributed by atoms with Crippen LogP contribution in [0.15, 0.2) is 0 Å². The van der Waals surface area contributed by atoms with E-state index in [1.807, 2.05) is 34.6 Å².